The van der Waals surface area contributed by atoms with Gasteiger partial charge in [0.2, 0.25) is 0 Å². The van der Waals surface area contributed by atoms with Gasteiger partial charge in [0.25, 0.3) is 0 Å². The Morgan fingerprint density at radius 1 is 0.514 bits per heavy atom. The molecule has 0 heterocycles. The summed E-state index contributed by atoms with van der Waals surface area (Å²) < 4.78 is 23.7. The Hall–Kier alpha value is -2.68. The Morgan fingerprint density at radius 2 is 0.857 bits per heavy atom. The maximum absolute atomic E-state index is 12.7. The molecule has 0 saturated carbocycles. The van der Waals surface area contributed by atoms with E-state index in [0.29, 0.717) is 12.8 Å². The maximum atomic E-state index is 12.7. The second-order valence-corrected chi connectivity index (χ2v) is 11.1. The highest BCUT2D eigenvalue weighted by Gasteiger charge is 2.21. The molecule has 4 aromatic carbocycles. The first kappa shape index (κ1) is 25.4. The second kappa shape index (κ2) is 12.9. The molecule has 35 heavy (non-hydrogen) atoms. The molecule has 0 atom stereocenters. The first-order valence-electron chi connectivity index (χ1n) is 11.9. The van der Waals surface area contributed by atoms with Crippen molar-refractivity contribution in [3.05, 3.63) is 143 Å². The number of hydrogen-bond acceptors (Lipinski definition) is 3. The van der Waals surface area contributed by atoms with Gasteiger partial charge in [-0.25, -0.2) is 4.57 Å². The summed E-state index contributed by atoms with van der Waals surface area (Å²) in [5.74, 6) is 0. The molecule has 180 valence electrons. The summed E-state index contributed by atoms with van der Waals surface area (Å²) in [6.07, 6.45) is 2.91. The molecule has 0 N–H and O–H groups in total. The number of hydrogen-bond donors (Lipinski definition) is 0. The van der Waals surface area contributed by atoms with Crippen molar-refractivity contribution in [1.82, 2.24) is 0 Å². The van der Waals surface area contributed by atoms with Gasteiger partial charge in [0.15, 0.2) is 0 Å². The molecule has 4 aromatic rings. The number of halogens is 1. The topological polar surface area (TPSA) is 35.5 Å². The summed E-state index contributed by atoms with van der Waals surface area (Å²) in [5, 5.41) is 0. The molecule has 0 unspecified atom stereocenters. The van der Waals surface area contributed by atoms with E-state index in [2.05, 4.69) is 48.5 Å². The molecule has 0 saturated heterocycles. The van der Waals surface area contributed by atoms with Crippen LogP contribution in [0, 0.1) is 0 Å². The summed E-state index contributed by atoms with van der Waals surface area (Å²) in [7, 11) is 0. The molecule has 5 heteroatoms. The van der Waals surface area contributed by atoms with Gasteiger partial charge in [-0.3, -0.25) is 9.05 Å². The Labute approximate surface area is 213 Å². The fourth-order valence-electron chi connectivity index (χ4n) is 4.15. The van der Waals surface area contributed by atoms with E-state index in [0.717, 1.165) is 24.0 Å². The Kier molecular flexibility index (Phi) is 9.34. The van der Waals surface area contributed by atoms with Gasteiger partial charge >= 0.3 is 6.95 Å². The van der Waals surface area contributed by atoms with E-state index in [-0.39, 0.29) is 13.2 Å². The quantitative estimate of drug-likeness (QED) is 0.183. The van der Waals surface area contributed by atoms with E-state index >= 15 is 0 Å². The highest BCUT2D eigenvalue weighted by molar-refractivity contribution is 7.81. The van der Waals surface area contributed by atoms with Crippen LogP contribution in [0.5, 0.6) is 0 Å². The van der Waals surface area contributed by atoms with Crippen molar-refractivity contribution in [1.29, 1.82) is 0 Å². The summed E-state index contributed by atoms with van der Waals surface area (Å²) in [6.45, 7) is -3.19. The molecule has 0 aromatic heterocycles. The molecule has 0 aliphatic rings. The lowest BCUT2D eigenvalue weighted by Crippen LogP contribution is -2.04. The fourth-order valence-corrected chi connectivity index (χ4v) is 5.25. The minimum Gasteiger partial charge on any atom is -0.297 e. The van der Waals surface area contributed by atoms with Crippen molar-refractivity contribution in [2.75, 3.05) is 13.2 Å². The third-order valence-electron chi connectivity index (χ3n) is 5.95. The van der Waals surface area contributed by atoms with Crippen LogP contribution in [0.3, 0.4) is 0 Å². The molecule has 0 bridgehead atoms. The van der Waals surface area contributed by atoms with Crippen molar-refractivity contribution >= 4 is 18.2 Å². The largest absolute Gasteiger partial charge is 0.424 e. The van der Waals surface area contributed by atoms with Crippen LogP contribution < -0.4 is 0 Å². The summed E-state index contributed by atoms with van der Waals surface area (Å²) >= 11 is 6.12. The molecular weight excluding hydrogens is 475 g/mol. The third-order valence-corrected chi connectivity index (χ3v) is 7.51. The van der Waals surface area contributed by atoms with Crippen molar-refractivity contribution in [3.63, 3.8) is 0 Å². The van der Waals surface area contributed by atoms with E-state index in [9.17, 15) is 4.57 Å². The molecule has 0 radical (unpaired) electrons. The summed E-state index contributed by atoms with van der Waals surface area (Å²) in [4.78, 5) is 0. The Morgan fingerprint density at radius 3 is 1.26 bits per heavy atom. The van der Waals surface area contributed by atoms with Crippen molar-refractivity contribution < 1.29 is 13.6 Å². The molecule has 0 amide bonds. The molecular formula is C30H30ClO3P. The molecule has 0 fully saturated rings. The van der Waals surface area contributed by atoms with Crippen LogP contribution in [0.1, 0.15) is 33.4 Å². The average Bonchev–Trinajstić information content (AvgIpc) is 2.87. The van der Waals surface area contributed by atoms with E-state index < -0.39 is 6.95 Å². The lowest BCUT2D eigenvalue weighted by molar-refractivity contribution is 0.222. The molecule has 3 nitrogen and oxygen atoms in total. The van der Waals surface area contributed by atoms with Gasteiger partial charge < -0.3 is 0 Å². The monoisotopic (exact) mass is 504 g/mol. The highest BCUT2D eigenvalue weighted by atomic mass is 35.7. The van der Waals surface area contributed by atoms with Crippen molar-refractivity contribution in [2.24, 2.45) is 0 Å². The van der Waals surface area contributed by atoms with Gasteiger partial charge in [0, 0.05) is 11.2 Å². The van der Waals surface area contributed by atoms with Gasteiger partial charge in [0.1, 0.15) is 0 Å². The molecule has 4 rings (SSSR count). The minimum absolute atomic E-state index is 0.233. The first-order valence-corrected chi connectivity index (χ1v) is 14.3. The molecule has 0 aliphatic carbocycles. The van der Waals surface area contributed by atoms with E-state index in [1.165, 1.54) is 22.3 Å². The van der Waals surface area contributed by atoms with Gasteiger partial charge in [-0.05, 0) is 59.1 Å². The number of rotatable bonds is 12. The second-order valence-electron chi connectivity index (χ2n) is 8.46. The summed E-state index contributed by atoms with van der Waals surface area (Å²) in [5.41, 5.74) is 7.26. The smallest absolute Gasteiger partial charge is 0.297 e. The third kappa shape index (κ3) is 8.19. The normalized spacial score (nSPS) is 11.5. The Bertz CT molecular complexity index is 1150. The van der Waals surface area contributed by atoms with Crippen LogP contribution in [0.15, 0.2) is 109 Å². The van der Waals surface area contributed by atoms with Crippen LogP contribution in [-0.4, -0.2) is 13.2 Å². The van der Waals surface area contributed by atoms with Crippen LogP contribution >= 0.6 is 18.2 Å². The summed E-state index contributed by atoms with van der Waals surface area (Å²) in [6, 6.07) is 37.1. The molecule has 0 spiro atoms. The first-order chi connectivity index (χ1) is 17.1. The van der Waals surface area contributed by atoms with Gasteiger partial charge in [-0.1, -0.05) is 109 Å². The SMILES string of the molecule is O=P(Cl)(OCCc1ccccc1Cc1ccccc1)OCCc1ccccc1Cc1ccccc1. The number of benzene rings is 4. The lowest BCUT2D eigenvalue weighted by Gasteiger charge is -2.14. The average molecular weight is 505 g/mol. The van der Waals surface area contributed by atoms with Gasteiger partial charge in [0.05, 0.1) is 13.2 Å². The van der Waals surface area contributed by atoms with Crippen molar-refractivity contribution in [3.8, 4) is 0 Å². The van der Waals surface area contributed by atoms with E-state index in [4.69, 9.17) is 20.3 Å². The van der Waals surface area contributed by atoms with Crippen LogP contribution in [0.25, 0.3) is 0 Å². The van der Waals surface area contributed by atoms with Crippen LogP contribution in [0.2, 0.25) is 0 Å². The predicted molar refractivity (Wildman–Crippen MR) is 144 cm³/mol. The zero-order valence-electron chi connectivity index (χ0n) is 19.7. The van der Waals surface area contributed by atoms with E-state index in [1.54, 1.807) is 0 Å². The molecule has 0 aliphatic heterocycles. The van der Waals surface area contributed by atoms with E-state index in [1.807, 2.05) is 60.7 Å². The van der Waals surface area contributed by atoms with Gasteiger partial charge in [-0.15, -0.1) is 0 Å². The zero-order chi connectivity index (χ0) is 24.3. The Balaban J connectivity index is 1.27. The van der Waals surface area contributed by atoms with Crippen LogP contribution in [-0.2, 0) is 39.3 Å². The maximum Gasteiger partial charge on any atom is 0.424 e. The lowest BCUT2D eigenvalue weighted by atomic mass is 9.98. The van der Waals surface area contributed by atoms with Crippen LogP contribution in [0.4, 0.5) is 0 Å². The van der Waals surface area contributed by atoms with Gasteiger partial charge in [-0.2, -0.15) is 0 Å². The highest BCUT2D eigenvalue weighted by Crippen LogP contribution is 2.53. The zero-order valence-corrected chi connectivity index (χ0v) is 21.3. The predicted octanol–water partition coefficient (Wildman–Crippen LogP) is 8.03. The van der Waals surface area contributed by atoms with Crippen molar-refractivity contribution in [2.45, 2.75) is 25.7 Å². The minimum atomic E-state index is -3.66. The fraction of sp³-hybridized carbons (Fsp3) is 0.200. The standard InChI is InChI=1S/C30H30ClO3P/c31-35(32,33-21-19-27-15-7-9-17-29(27)23-25-11-3-1-4-12-25)34-22-20-28-16-8-10-18-30(28)24-26-13-5-2-6-14-26/h1-18H,19-24H2.